The van der Waals surface area contributed by atoms with E-state index in [9.17, 15) is 0 Å². The van der Waals surface area contributed by atoms with Crippen molar-refractivity contribution in [2.24, 2.45) is 5.92 Å². The lowest BCUT2D eigenvalue weighted by molar-refractivity contribution is -0.0171. The topological polar surface area (TPSA) is 21.7 Å². The second-order valence-corrected chi connectivity index (χ2v) is 6.39. The molecule has 1 fully saturated rings. The summed E-state index contributed by atoms with van der Waals surface area (Å²) in [6, 6.07) is 0.650. The Labute approximate surface area is 119 Å². The van der Waals surface area contributed by atoms with Crippen molar-refractivity contribution in [2.45, 2.75) is 64.5 Å². The monoisotopic (exact) mass is 271 g/mol. The molecule has 3 heteroatoms. The van der Waals surface area contributed by atoms with Crippen LogP contribution in [0.1, 0.15) is 52.9 Å². The van der Waals surface area contributed by atoms with Crippen LogP contribution in [0.4, 0.5) is 0 Å². The molecular formula is C16H33NO2. The molecule has 0 N–H and O–H groups in total. The van der Waals surface area contributed by atoms with Crippen molar-refractivity contribution in [1.82, 2.24) is 4.90 Å². The van der Waals surface area contributed by atoms with Gasteiger partial charge in [0.05, 0.1) is 12.2 Å². The van der Waals surface area contributed by atoms with Crippen LogP contribution in [0.2, 0.25) is 0 Å². The fraction of sp³-hybridized carbons (Fsp3) is 1.00. The lowest BCUT2D eigenvalue weighted by atomic mass is 9.89. The summed E-state index contributed by atoms with van der Waals surface area (Å²) in [5.74, 6) is 0.716. The lowest BCUT2D eigenvalue weighted by Gasteiger charge is -2.31. The maximum Gasteiger partial charge on any atom is 0.0650 e. The van der Waals surface area contributed by atoms with Crippen molar-refractivity contribution in [1.29, 1.82) is 0 Å². The first-order valence-electron chi connectivity index (χ1n) is 7.82. The quantitative estimate of drug-likeness (QED) is 0.642. The Bertz CT molecular complexity index is 241. The molecular weight excluding hydrogens is 238 g/mol. The van der Waals surface area contributed by atoms with Crippen LogP contribution in [0.3, 0.4) is 0 Å². The van der Waals surface area contributed by atoms with Crippen molar-refractivity contribution in [3.05, 3.63) is 0 Å². The zero-order chi connectivity index (χ0) is 14.3. The minimum absolute atomic E-state index is 0.0519. The molecule has 0 saturated carbocycles. The van der Waals surface area contributed by atoms with E-state index < -0.39 is 0 Å². The summed E-state index contributed by atoms with van der Waals surface area (Å²) in [4.78, 5) is 2.61. The van der Waals surface area contributed by atoms with Gasteiger partial charge in [0.15, 0.2) is 0 Å². The Morgan fingerprint density at radius 3 is 2.68 bits per heavy atom. The zero-order valence-corrected chi connectivity index (χ0v) is 13.6. The molecule has 0 aromatic carbocycles. The van der Waals surface area contributed by atoms with Gasteiger partial charge in [0.2, 0.25) is 0 Å². The van der Waals surface area contributed by atoms with E-state index in [0.29, 0.717) is 12.0 Å². The van der Waals surface area contributed by atoms with Gasteiger partial charge in [-0.2, -0.15) is 0 Å². The third kappa shape index (κ3) is 5.41. The van der Waals surface area contributed by atoms with Crippen molar-refractivity contribution >= 4 is 0 Å². The first-order valence-corrected chi connectivity index (χ1v) is 7.82. The van der Waals surface area contributed by atoms with Crippen LogP contribution in [-0.4, -0.2) is 50.5 Å². The molecule has 19 heavy (non-hydrogen) atoms. The molecule has 3 unspecified atom stereocenters. The zero-order valence-electron chi connectivity index (χ0n) is 13.6. The summed E-state index contributed by atoms with van der Waals surface area (Å²) < 4.78 is 11.0. The van der Waals surface area contributed by atoms with Gasteiger partial charge in [-0.15, -0.1) is 0 Å². The molecule has 1 aliphatic heterocycles. The van der Waals surface area contributed by atoms with Crippen LogP contribution in [-0.2, 0) is 9.47 Å². The Kier molecular flexibility index (Phi) is 7.33. The van der Waals surface area contributed by atoms with Gasteiger partial charge in [0, 0.05) is 20.3 Å². The molecule has 1 saturated heterocycles. The highest BCUT2D eigenvalue weighted by molar-refractivity contribution is 4.81. The van der Waals surface area contributed by atoms with E-state index in [-0.39, 0.29) is 5.60 Å². The second-order valence-electron chi connectivity index (χ2n) is 6.39. The Morgan fingerprint density at radius 1 is 1.37 bits per heavy atom. The third-order valence-electron chi connectivity index (χ3n) is 4.79. The van der Waals surface area contributed by atoms with Gasteiger partial charge in [-0.3, -0.25) is 4.90 Å². The summed E-state index contributed by atoms with van der Waals surface area (Å²) in [6.07, 6.45) is 6.13. The Hall–Kier alpha value is -0.120. The molecule has 1 rings (SSSR count). The Morgan fingerprint density at radius 2 is 2.11 bits per heavy atom. The van der Waals surface area contributed by atoms with Crippen LogP contribution in [0, 0.1) is 5.92 Å². The molecule has 3 nitrogen and oxygen atoms in total. The van der Waals surface area contributed by atoms with Crippen molar-refractivity contribution < 1.29 is 9.47 Å². The number of hydrogen-bond acceptors (Lipinski definition) is 3. The smallest absolute Gasteiger partial charge is 0.0650 e. The number of likely N-dealkylation sites (tertiary alicyclic amines) is 1. The number of methoxy groups -OCH3 is 2. The van der Waals surface area contributed by atoms with E-state index in [1.54, 1.807) is 0 Å². The molecule has 1 heterocycles. The number of hydrogen-bond donors (Lipinski definition) is 0. The van der Waals surface area contributed by atoms with Gasteiger partial charge in [-0.25, -0.2) is 0 Å². The van der Waals surface area contributed by atoms with Gasteiger partial charge in [0.1, 0.15) is 0 Å². The lowest BCUT2D eigenvalue weighted by Crippen LogP contribution is -2.35. The second kappa shape index (κ2) is 8.23. The molecule has 1 aliphatic rings. The van der Waals surface area contributed by atoms with E-state index in [4.69, 9.17) is 9.47 Å². The third-order valence-corrected chi connectivity index (χ3v) is 4.79. The van der Waals surface area contributed by atoms with E-state index >= 15 is 0 Å². The molecule has 0 aromatic heterocycles. The number of nitrogens with zero attached hydrogens (tertiary/aromatic N) is 1. The average molecular weight is 271 g/mol. The fourth-order valence-corrected chi connectivity index (χ4v) is 3.17. The SMILES string of the molecule is CCC(C)(CC(C)CCN1CCCC1COC)OC. The molecule has 0 radical (unpaired) electrons. The van der Waals surface area contributed by atoms with E-state index in [1.807, 2.05) is 14.2 Å². The molecule has 0 bridgehead atoms. The van der Waals surface area contributed by atoms with E-state index in [1.165, 1.54) is 32.4 Å². The van der Waals surface area contributed by atoms with E-state index in [2.05, 4.69) is 25.7 Å². The molecule has 0 amide bonds. The van der Waals surface area contributed by atoms with Gasteiger partial charge in [0.25, 0.3) is 0 Å². The van der Waals surface area contributed by atoms with Crippen LogP contribution < -0.4 is 0 Å². The molecule has 0 aliphatic carbocycles. The molecule has 0 spiro atoms. The summed E-state index contributed by atoms with van der Waals surface area (Å²) in [5, 5.41) is 0. The standard InChI is InChI=1S/C16H33NO2/c1-6-16(3,19-5)12-14(2)9-11-17-10-7-8-15(17)13-18-4/h14-15H,6-13H2,1-5H3. The van der Waals surface area contributed by atoms with Gasteiger partial charge in [-0.05, 0) is 58.0 Å². The van der Waals surface area contributed by atoms with Crippen molar-refractivity contribution in [3.8, 4) is 0 Å². The summed E-state index contributed by atoms with van der Waals surface area (Å²) >= 11 is 0. The molecule has 0 aromatic rings. The Balaban J connectivity index is 2.31. The predicted octanol–water partition coefficient (Wildman–Crippen LogP) is 3.33. The fourth-order valence-electron chi connectivity index (χ4n) is 3.17. The average Bonchev–Trinajstić information content (AvgIpc) is 2.84. The minimum Gasteiger partial charge on any atom is -0.383 e. The summed E-state index contributed by atoms with van der Waals surface area (Å²) in [5.41, 5.74) is 0.0519. The maximum absolute atomic E-state index is 5.66. The van der Waals surface area contributed by atoms with Gasteiger partial charge >= 0.3 is 0 Å². The number of rotatable bonds is 9. The largest absolute Gasteiger partial charge is 0.383 e. The summed E-state index contributed by atoms with van der Waals surface area (Å²) in [6.45, 7) is 10.1. The normalized spacial score (nSPS) is 25.4. The minimum atomic E-state index is 0.0519. The highest BCUT2D eigenvalue weighted by atomic mass is 16.5. The predicted molar refractivity (Wildman–Crippen MR) is 80.6 cm³/mol. The van der Waals surface area contributed by atoms with Crippen molar-refractivity contribution in [3.63, 3.8) is 0 Å². The van der Waals surface area contributed by atoms with Gasteiger partial charge in [-0.1, -0.05) is 13.8 Å². The highest BCUT2D eigenvalue weighted by Crippen LogP contribution is 2.26. The van der Waals surface area contributed by atoms with E-state index in [0.717, 1.165) is 19.4 Å². The maximum atomic E-state index is 5.66. The molecule has 3 atom stereocenters. The summed E-state index contributed by atoms with van der Waals surface area (Å²) in [7, 11) is 3.65. The highest BCUT2D eigenvalue weighted by Gasteiger charge is 2.27. The first-order chi connectivity index (χ1) is 9.04. The van der Waals surface area contributed by atoms with Crippen LogP contribution in [0.25, 0.3) is 0 Å². The van der Waals surface area contributed by atoms with Gasteiger partial charge < -0.3 is 9.47 Å². The molecule has 114 valence electrons. The number of ether oxygens (including phenoxy) is 2. The van der Waals surface area contributed by atoms with Crippen molar-refractivity contribution in [2.75, 3.05) is 33.9 Å². The first kappa shape index (κ1) is 16.9. The van der Waals surface area contributed by atoms with Crippen LogP contribution >= 0.6 is 0 Å². The van der Waals surface area contributed by atoms with Crippen LogP contribution in [0.5, 0.6) is 0 Å². The van der Waals surface area contributed by atoms with Crippen LogP contribution in [0.15, 0.2) is 0 Å².